The number of anilines is 1. The van der Waals surface area contributed by atoms with E-state index >= 15 is 0 Å². The van der Waals surface area contributed by atoms with E-state index in [9.17, 15) is 18.0 Å². The topological polar surface area (TPSA) is 96.0 Å². The molecular weight excluding hydrogens is 442 g/mol. The zero-order chi connectivity index (χ0) is 23.4. The maximum Gasteiger partial charge on any atom is 0.256 e. The van der Waals surface area contributed by atoms with Gasteiger partial charge in [-0.1, -0.05) is 29.8 Å². The smallest absolute Gasteiger partial charge is 0.256 e. The number of carbonyl (C=O) groups excluding carboxylic acids is 2. The van der Waals surface area contributed by atoms with E-state index in [0.717, 1.165) is 5.56 Å². The van der Waals surface area contributed by atoms with Crippen LogP contribution in [0, 0.1) is 12.8 Å². The van der Waals surface area contributed by atoms with E-state index in [1.54, 1.807) is 53.4 Å². The van der Waals surface area contributed by atoms with E-state index in [1.165, 1.54) is 4.31 Å². The van der Waals surface area contributed by atoms with Crippen molar-refractivity contribution in [2.24, 2.45) is 5.92 Å². The van der Waals surface area contributed by atoms with E-state index in [0.29, 0.717) is 56.9 Å². The summed E-state index contributed by atoms with van der Waals surface area (Å²) in [6, 6.07) is 13.7. The fourth-order valence-corrected chi connectivity index (χ4v) is 5.71. The van der Waals surface area contributed by atoms with E-state index in [4.69, 9.17) is 4.74 Å². The highest BCUT2D eigenvalue weighted by Crippen LogP contribution is 2.26. The highest BCUT2D eigenvalue weighted by Gasteiger charge is 2.34. The predicted molar refractivity (Wildman–Crippen MR) is 124 cm³/mol. The summed E-state index contributed by atoms with van der Waals surface area (Å²) in [4.78, 5) is 28.0. The Morgan fingerprint density at radius 1 is 1.00 bits per heavy atom. The number of ether oxygens (including phenoxy) is 1. The Kier molecular flexibility index (Phi) is 7.11. The summed E-state index contributed by atoms with van der Waals surface area (Å²) in [7, 11) is -3.67. The minimum Gasteiger partial charge on any atom is -0.378 e. The number of para-hydroxylation sites is 1. The second kappa shape index (κ2) is 10.0. The molecule has 2 aromatic rings. The van der Waals surface area contributed by atoms with Crippen molar-refractivity contribution in [2.45, 2.75) is 24.7 Å². The molecule has 8 nitrogen and oxygen atoms in total. The number of carbonyl (C=O) groups is 2. The highest BCUT2D eigenvalue weighted by atomic mass is 32.2. The molecule has 0 saturated carbocycles. The highest BCUT2D eigenvalue weighted by molar-refractivity contribution is 7.89. The summed E-state index contributed by atoms with van der Waals surface area (Å²) < 4.78 is 32.9. The lowest BCUT2D eigenvalue weighted by Gasteiger charge is -2.31. The summed E-state index contributed by atoms with van der Waals surface area (Å²) in [5.41, 5.74) is 1.85. The number of nitrogens with one attached hydrogen (secondary N) is 1. The van der Waals surface area contributed by atoms with Gasteiger partial charge in [-0.2, -0.15) is 4.31 Å². The number of rotatable bonds is 5. The van der Waals surface area contributed by atoms with Crippen LogP contribution < -0.4 is 5.32 Å². The lowest BCUT2D eigenvalue weighted by molar-refractivity contribution is -0.120. The third-order valence-corrected chi connectivity index (χ3v) is 8.01. The largest absolute Gasteiger partial charge is 0.378 e. The van der Waals surface area contributed by atoms with Crippen molar-refractivity contribution < 1.29 is 22.7 Å². The third-order valence-electron chi connectivity index (χ3n) is 6.13. The van der Waals surface area contributed by atoms with Gasteiger partial charge in [0.1, 0.15) is 0 Å². The molecule has 2 aliphatic heterocycles. The van der Waals surface area contributed by atoms with Crippen molar-refractivity contribution in [2.75, 3.05) is 44.7 Å². The fraction of sp³-hybridized carbons (Fsp3) is 0.417. The standard InChI is InChI=1S/C24H29N3O5S/c1-18-8-10-20(11-9-18)33(30,31)27-12-4-5-19(17-27)23(28)25-22-7-3-2-6-21(22)24(29)26-13-15-32-16-14-26/h2-3,6-11,19H,4-5,12-17H2,1H3,(H,25,28)/t19-/m0/s1. The average Bonchev–Trinajstić information content (AvgIpc) is 2.85. The molecule has 0 aliphatic carbocycles. The predicted octanol–water partition coefficient (Wildman–Crippen LogP) is 2.51. The van der Waals surface area contributed by atoms with Crippen LogP contribution in [0.25, 0.3) is 0 Å². The molecule has 0 spiro atoms. The number of sulfonamides is 1. The van der Waals surface area contributed by atoms with Gasteiger partial charge >= 0.3 is 0 Å². The zero-order valence-corrected chi connectivity index (χ0v) is 19.5. The van der Waals surface area contributed by atoms with Gasteiger partial charge in [0, 0.05) is 26.2 Å². The van der Waals surface area contributed by atoms with Crippen LogP contribution in [-0.4, -0.2) is 68.8 Å². The van der Waals surface area contributed by atoms with E-state index in [-0.39, 0.29) is 23.3 Å². The van der Waals surface area contributed by atoms with Crippen LogP contribution in [0.4, 0.5) is 5.69 Å². The molecule has 2 aliphatic rings. The van der Waals surface area contributed by atoms with Crippen molar-refractivity contribution in [3.8, 4) is 0 Å². The fourth-order valence-electron chi connectivity index (χ4n) is 4.18. The molecular formula is C24H29N3O5S. The molecule has 4 rings (SSSR count). The number of benzene rings is 2. The Hall–Kier alpha value is -2.75. The molecule has 2 saturated heterocycles. The Labute approximate surface area is 194 Å². The monoisotopic (exact) mass is 471 g/mol. The molecule has 1 atom stereocenters. The van der Waals surface area contributed by atoms with Crippen LogP contribution in [0.15, 0.2) is 53.4 Å². The Morgan fingerprint density at radius 2 is 1.70 bits per heavy atom. The first-order valence-electron chi connectivity index (χ1n) is 11.2. The molecule has 9 heteroatoms. The zero-order valence-electron chi connectivity index (χ0n) is 18.7. The molecule has 2 fully saturated rings. The molecule has 33 heavy (non-hydrogen) atoms. The van der Waals surface area contributed by atoms with Crippen LogP contribution in [0.3, 0.4) is 0 Å². The number of hydrogen-bond acceptors (Lipinski definition) is 5. The average molecular weight is 472 g/mol. The maximum absolute atomic E-state index is 13.1. The van der Waals surface area contributed by atoms with Gasteiger partial charge in [-0.05, 0) is 44.0 Å². The molecule has 0 bridgehead atoms. The van der Waals surface area contributed by atoms with Crippen molar-refractivity contribution in [3.63, 3.8) is 0 Å². The quantitative estimate of drug-likeness (QED) is 0.723. The van der Waals surface area contributed by atoms with E-state index < -0.39 is 15.9 Å². The van der Waals surface area contributed by atoms with Crippen LogP contribution in [0.1, 0.15) is 28.8 Å². The SMILES string of the molecule is Cc1ccc(S(=O)(=O)N2CCC[C@H](C(=O)Nc3ccccc3C(=O)N3CCOCC3)C2)cc1. The van der Waals surface area contributed by atoms with Gasteiger partial charge in [0.2, 0.25) is 15.9 Å². The molecule has 0 aromatic heterocycles. The number of morpholine rings is 1. The summed E-state index contributed by atoms with van der Waals surface area (Å²) in [6.07, 6.45) is 1.18. The second-order valence-electron chi connectivity index (χ2n) is 8.45. The minimum atomic E-state index is -3.67. The van der Waals surface area contributed by atoms with Crippen molar-refractivity contribution in [3.05, 3.63) is 59.7 Å². The minimum absolute atomic E-state index is 0.113. The van der Waals surface area contributed by atoms with E-state index in [2.05, 4.69) is 5.32 Å². The van der Waals surface area contributed by atoms with Crippen LogP contribution >= 0.6 is 0 Å². The van der Waals surface area contributed by atoms with Crippen LogP contribution in [0.2, 0.25) is 0 Å². The maximum atomic E-state index is 13.1. The first kappa shape index (κ1) is 23.4. The number of aryl methyl sites for hydroxylation is 1. The summed E-state index contributed by atoms with van der Waals surface area (Å²) in [5, 5.41) is 2.88. The van der Waals surface area contributed by atoms with Crippen LogP contribution in [0.5, 0.6) is 0 Å². The molecule has 2 amide bonds. The Morgan fingerprint density at radius 3 is 2.42 bits per heavy atom. The summed E-state index contributed by atoms with van der Waals surface area (Å²) in [5.74, 6) is -0.923. The van der Waals surface area contributed by atoms with Gasteiger partial charge in [-0.3, -0.25) is 9.59 Å². The normalized spacial score (nSPS) is 19.8. The molecule has 0 unspecified atom stereocenters. The number of nitrogens with zero attached hydrogens (tertiary/aromatic N) is 2. The van der Waals surface area contributed by atoms with Crippen LogP contribution in [-0.2, 0) is 19.6 Å². The summed E-state index contributed by atoms with van der Waals surface area (Å²) >= 11 is 0. The first-order chi connectivity index (χ1) is 15.9. The van der Waals surface area contributed by atoms with E-state index in [1.807, 2.05) is 6.92 Å². The lowest BCUT2D eigenvalue weighted by Crippen LogP contribution is -2.44. The molecule has 1 N–H and O–H groups in total. The van der Waals surface area contributed by atoms with Gasteiger partial charge in [0.05, 0.1) is 35.3 Å². The van der Waals surface area contributed by atoms with Crippen molar-refractivity contribution in [1.29, 1.82) is 0 Å². The Balaban J connectivity index is 1.47. The second-order valence-corrected chi connectivity index (χ2v) is 10.4. The van der Waals surface area contributed by atoms with Crippen molar-refractivity contribution in [1.82, 2.24) is 9.21 Å². The lowest BCUT2D eigenvalue weighted by atomic mass is 9.98. The van der Waals surface area contributed by atoms with Gasteiger partial charge in [0.15, 0.2) is 0 Å². The first-order valence-corrected chi connectivity index (χ1v) is 12.6. The third kappa shape index (κ3) is 5.26. The number of amides is 2. The molecule has 2 heterocycles. The number of hydrogen-bond donors (Lipinski definition) is 1. The molecule has 176 valence electrons. The molecule has 2 aromatic carbocycles. The Bertz CT molecular complexity index is 1110. The van der Waals surface area contributed by atoms with Gasteiger partial charge in [-0.15, -0.1) is 0 Å². The number of piperidine rings is 1. The summed E-state index contributed by atoms with van der Waals surface area (Å²) in [6.45, 7) is 4.40. The van der Waals surface area contributed by atoms with Gasteiger partial charge in [0.25, 0.3) is 5.91 Å². The van der Waals surface area contributed by atoms with Gasteiger partial charge < -0.3 is 15.0 Å². The molecule has 0 radical (unpaired) electrons. The van der Waals surface area contributed by atoms with Crippen molar-refractivity contribution >= 4 is 27.5 Å². The van der Waals surface area contributed by atoms with Gasteiger partial charge in [-0.25, -0.2) is 8.42 Å².